The van der Waals surface area contributed by atoms with Gasteiger partial charge in [0.05, 0.1) is 4.92 Å². The normalized spacial score (nSPS) is 10.3. The maximum Gasteiger partial charge on any atom is 0.330 e. The Balaban J connectivity index is 2.70. The van der Waals surface area contributed by atoms with E-state index in [1.165, 1.54) is 30.6 Å². The molecule has 1 aromatic carbocycles. The lowest BCUT2D eigenvalue weighted by molar-refractivity contribution is -0.384. The van der Waals surface area contributed by atoms with Crippen LogP contribution in [0.3, 0.4) is 0 Å². The molecule has 1 N–H and O–H groups in total. The topological polar surface area (TPSA) is 80.9 Å². The minimum Gasteiger partial charge on any atom is -0.312 e. The summed E-state index contributed by atoms with van der Waals surface area (Å²) in [4.78, 5) is 24.0. The van der Waals surface area contributed by atoms with Crippen LogP contribution in [0.2, 0.25) is 5.02 Å². The summed E-state index contributed by atoms with van der Waals surface area (Å²) in [6.45, 7) is 0. The van der Waals surface area contributed by atoms with Gasteiger partial charge >= 0.3 is 5.69 Å². The first-order valence-electron chi connectivity index (χ1n) is 4.30. The first-order valence-corrected chi connectivity index (χ1v) is 4.68. The highest BCUT2D eigenvalue weighted by molar-refractivity contribution is 6.30. The number of aromatic nitrogens is 2. The molecule has 0 saturated heterocycles. The molecule has 1 aromatic heterocycles. The lowest BCUT2D eigenvalue weighted by Gasteiger charge is -2.02. The molecule has 0 amide bonds. The zero-order valence-corrected chi connectivity index (χ0v) is 8.64. The highest BCUT2D eigenvalue weighted by Crippen LogP contribution is 2.25. The summed E-state index contributed by atoms with van der Waals surface area (Å²) in [5.74, 6) is 0. The summed E-state index contributed by atoms with van der Waals surface area (Å²) in [5, 5.41) is 11.1. The fourth-order valence-electron chi connectivity index (χ4n) is 1.36. The summed E-state index contributed by atoms with van der Waals surface area (Å²) in [7, 11) is 0. The maximum atomic E-state index is 11.3. The fourth-order valence-corrected chi connectivity index (χ4v) is 1.52. The van der Waals surface area contributed by atoms with Crippen LogP contribution in [0.15, 0.2) is 35.4 Å². The molecular formula is C9H6ClN3O3. The number of rotatable bonds is 2. The number of nitrogens with zero attached hydrogens (tertiary/aromatic N) is 2. The third-order valence-corrected chi connectivity index (χ3v) is 2.28. The van der Waals surface area contributed by atoms with E-state index in [9.17, 15) is 14.9 Å². The molecule has 2 aromatic rings. The third kappa shape index (κ3) is 1.70. The predicted octanol–water partition coefficient (Wildman–Crippen LogP) is 1.73. The molecule has 0 bridgehead atoms. The van der Waals surface area contributed by atoms with Gasteiger partial charge in [-0.15, -0.1) is 0 Å². The van der Waals surface area contributed by atoms with Crippen LogP contribution >= 0.6 is 11.6 Å². The van der Waals surface area contributed by atoms with Crippen LogP contribution in [0.5, 0.6) is 0 Å². The zero-order chi connectivity index (χ0) is 11.7. The average Bonchev–Trinajstić information content (AvgIpc) is 2.64. The van der Waals surface area contributed by atoms with Crippen molar-refractivity contribution in [2.24, 2.45) is 0 Å². The number of hydrogen-bond donors (Lipinski definition) is 1. The van der Waals surface area contributed by atoms with Gasteiger partial charge in [-0.2, -0.15) is 0 Å². The van der Waals surface area contributed by atoms with Crippen molar-refractivity contribution in [1.29, 1.82) is 0 Å². The molecule has 0 aliphatic rings. The number of nitro benzene ring substituents is 1. The number of nitro groups is 1. The highest BCUT2D eigenvalue weighted by Gasteiger charge is 2.16. The summed E-state index contributed by atoms with van der Waals surface area (Å²) < 4.78 is 1.15. The Kier molecular flexibility index (Phi) is 2.49. The van der Waals surface area contributed by atoms with Crippen molar-refractivity contribution >= 4 is 17.3 Å². The van der Waals surface area contributed by atoms with E-state index >= 15 is 0 Å². The van der Waals surface area contributed by atoms with Crippen molar-refractivity contribution in [3.8, 4) is 5.69 Å². The van der Waals surface area contributed by atoms with E-state index in [0.29, 0.717) is 0 Å². The van der Waals surface area contributed by atoms with E-state index in [1.54, 1.807) is 0 Å². The number of halogens is 1. The minimum absolute atomic E-state index is 0.181. The Morgan fingerprint density at radius 2 is 2.19 bits per heavy atom. The van der Waals surface area contributed by atoms with Crippen molar-refractivity contribution in [2.75, 3.05) is 0 Å². The molecule has 0 aliphatic heterocycles. The van der Waals surface area contributed by atoms with Crippen LogP contribution in [-0.4, -0.2) is 14.5 Å². The van der Waals surface area contributed by atoms with Gasteiger partial charge in [0.15, 0.2) is 0 Å². The van der Waals surface area contributed by atoms with Crippen LogP contribution in [-0.2, 0) is 0 Å². The van der Waals surface area contributed by atoms with E-state index in [1.807, 2.05) is 0 Å². The predicted molar refractivity (Wildman–Crippen MR) is 58.1 cm³/mol. The standard InChI is InChI=1S/C9H6ClN3O3/c10-6-1-2-7(8(5-6)13(15)16)12-4-3-11-9(12)14/h1-5H,(H,11,14). The number of imidazole rings is 1. The average molecular weight is 240 g/mol. The van der Waals surface area contributed by atoms with Crippen LogP contribution < -0.4 is 5.69 Å². The third-order valence-electron chi connectivity index (χ3n) is 2.04. The number of H-pyrrole nitrogens is 1. The number of aromatic amines is 1. The van der Waals surface area contributed by atoms with Crippen LogP contribution in [0.1, 0.15) is 0 Å². The van der Waals surface area contributed by atoms with Gasteiger partial charge in [0.25, 0.3) is 5.69 Å². The van der Waals surface area contributed by atoms with E-state index < -0.39 is 10.6 Å². The molecule has 7 heteroatoms. The molecular weight excluding hydrogens is 234 g/mol. The zero-order valence-electron chi connectivity index (χ0n) is 7.88. The molecule has 82 valence electrons. The van der Waals surface area contributed by atoms with Crippen molar-refractivity contribution in [3.05, 3.63) is 56.2 Å². The lowest BCUT2D eigenvalue weighted by Crippen LogP contribution is -2.15. The molecule has 6 nitrogen and oxygen atoms in total. The summed E-state index contributed by atoms with van der Waals surface area (Å²) in [6, 6.07) is 4.12. The molecule has 16 heavy (non-hydrogen) atoms. The van der Waals surface area contributed by atoms with E-state index in [0.717, 1.165) is 4.57 Å². The van der Waals surface area contributed by atoms with Gasteiger partial charge in [-0.25, -0.2) is 4.79 Å². The van der Waals surface area contributed by atoms with Gasteiger partial charge in [-0.1, -0.05) is 11.6 Å². The smallest absolute Gasteiger partial charge is 0.312 e. The van der Waals surface area contributed by atoms with Gasteiger partial charge < -0.3 is 4.98 Å². The maximum absolute atomic E-state index is 11.3. The Labute approximate surface area is 94.2 Å². The number of benzene rings is 1. The van der Waals surface area contributed by atoms with Crippen molar-refractivity contribution in [2.45, 2.75) is 0 Å². The van der Waals surface area contributed by atoms with Gasteiger partial charge in [0.1, 0.15) is 5.69 Å². The van der Waals surface area contributed by atoms with Crippen molar-refractivity contribution < 1.29 is 4.92 Å². The van der Waals surface area contributed by atoms with Gasteiger partial charge in [-0.05, 0) is 12.1 Å². The summed E-state index contributed by atoms with van der Waals surface area (Å²) >= 11 is 5.66. The van der Waals surface area contributed by atoms with Crippen LogP contribution in [0.25, 0.3) is 5.69 Å². The second-order valence-electron chi connectivity index (χ2n) is 3.03. The summed E-state index contributed by atoms with van der Waals surface area (Å²) in [6.07, 6.45) is 2.82. The molecule has 1 heterocycles. The number of nitrogens with one attached hydrogen (secondary N) is 1. The monoisotopic (exact) mass is 239 g/mol. The quantitative estimate of drug-likeness (QED) is 0.640. The highest BCUT2D eigenvalue weighted by atomic mass is 35.5. The first-order chi connectivity index (χ1) is 7.59. The molecule has 0 fully saturated rings. The molecule has 0 unspecified atom stereocenters. The van der Waals surface area contributed by atoms with Gasteiger partial charge in [0, 0.05) is 23.5 Å². The largest absolute Gasteiger partial charge is 0.330 e. The first kappa shape index (κ1) is 10.4. The Bertz CT molecular complexity index is 602. The van der Waals surface area contributed by atoms with Gasteiger partial charge in [-0.3, -0.25) is 14.7 Å². The minimum atomic E-state index is -0.583. The molecule has 0 spiro atoms. The molecule has 0 saturated carbocycles. The number of hydrogen-bond acceptors (Lipinski definition) is 3. The van der Waals surface area contributed by atoms with E-state index in [4.69, 9.17) is 11.6 Å². The Hall–Kier alpha value is -2.08. The summed E-state index contributed by atoms with van der Waals surface area (Å²) in [5.41, 5.74) is -0.472. The lowest BCUT2D eigenvalue weighted by atomic mass is 10.2. The Morgan fingerprint density at radius 3 is 2.75 bits per heavy atom. The van der Waals surface area contributed by atoms with Crippen LogP contribution in [0.4, 0.5) is 5.69 Å². The van der Waals surface area contributed by atoms with Crippen molar-refractivity contribution in [1.82, 2.24) is 9.55 Å². The molecule has 0 radical (unpaired) electrons. The SMILES string of the molecule is O=c1[nH]ccn1-c1ccc(Cl)cc1[N+](=O)[O-]. The second kappa shape index (κ2) is 3.82. The molecule has 0 aliphatic carbocycles. The van der Waals surface area contributed by atoms with Gasteiger partial charge in [0.2, 0.25) is 0 Å². The van der Waals surface area contributed by atoms with E-state index in [2.05, 4.69) is 4.98 Å². The van der Waals surface area contributed by atoms with Crippen molar-refractivity contribution in [3.63, 3.8) is 0 Å². The fraction of sp³-hybridized carbons (Fsp3) is 0. The Morgan fingerprint density at radius 1 is 1.44 bits per heavy atom. The van der Waals surface area contributed by atoms with E-state index in [-0.39, 0.29) is 16.4 Å². The van der Waals surface area contributed by atoms with Crippen LogP contribution in [0, 0.1) is 10.1 Å². The molecule has 0 atom stereocenters. The molecule has 2 rings (SSSR count). The second-order valence-corrected chi connectivity index (χ2v) is 3.46.